The van der Waals surface area contributed by atoms with Crippen LogP contribution in [0.3, 0.4) is 0 Å². The smallest absolute Gasteiger partial charge is 0.301 e. The van der Waals surface area contributed by atoms with E-state index in [1.54, 1.807) is 0 Å². The van der Waals surface area contributed by atoms with E-state index in [1.165, 1.54) is 13.2 Å². The van der Waals surface area contributed by atoms with E-state index in [-0.39, 0.29) is 17.6 Å². The van der Waals surface area contributed by atoms with Crippen LogP contribution in [0.5, 0.6) is 11.5 Å². The number of methoxy groups -OCH3 is 1. The quantitative estimate of drug-likeness (QED) is 0.580. The third-order valence-corrected chi connectivity index (χ3v) is 2.64. The van der Waals surface area contributed by atoms with Crippen LogP contribution in [-0.2, 0) is 10.1 Å². The number of hydrogen-bond donors (Lipinski definition) is 2. The van der Waals surface area contributed by atoms with E-state index >= 15 is 0 Å². The van der Waals surface area contributed by atoms with E-state index in [0.717, 1.165) is 6.07 Å². The van der Waals surface area contributed by atoms with Crippen molar-refractivity contribution < 1.29 is 27.6 Å². The SMILES string of the molecule is COc1ccc(C=O)c(O)c1S(=O)(=O)O. The lowest BCUT2D eigenvalue weighted by Gasteiger charge is -2.08. The van der Waals surface area contributed by atoms with Gasteiger partial charge < -0.3 is 9.84 Å². The van der Waals surface area contributed by atoms with Gasteiger partial charge in [-0.3, -0.25) is 9.35 Å². The molecule has 0 saturated heterocycles. The summed E-state index contributed by atoms with van der Waals surface area (Å²) in [6.07, 6.45) is 0.267. The molecule has 82 valence electrons. The fourth-order valence-electron chi connectivity index (χ4n) is 1.07. The lowest BCUT2D eigenvalue weighted by molar-refractivity contribution is 0.112. The molecule has 1 rings (SSSR count). The number of ether oxygens (including phenoxy) is 1. The Morgan fingerprint density at radius 3 is 2.40 bits per heavy atom. The minimum absolute atomic E-state index is 0.236. The van der Waals surface area contributed by atoms with Gasteiger partial charge in [-0.1, -0.05) is 0 Å². The Morgan fingerprint density at radius 1 is 1.40 bits per heavy atom. The molecular formula is C8H8O6S. The summed E-state index contributed by atoms with van der Waals surface area (Å²) in [7, 11) is -3.47. The third kappa shape index (κ3) is 2.08. The molecule has 0 aromatic heterocycles. The number of phenols is 1. The second kappa shape index (κ2) is 3.87. The summed E-state index contributed by atoms with van der Waals surface area (Å²) in [5, 5.41) is 9.39. The number of rotatable bonds is 3. The number of hydrogen-bond acceptors (Lipinski definition) is 5. The molecule has 0 amide bonds. The molecule has 0 bridgehead atoms. The van der Waals surface area contributed by atoms with E-state index in [9.17, 15) is 18.3 Å². The highest BCUT2D eigenvalue weighted by atomic mass is 32.2. The van der Waals surface area contributed by atoms with Crippen molar-refractivity contribution in [3.8, 4) is 11.5 Å². The maximum atomic E-state index is 10.9. The van der Waals surface area contributed by atoms with Gasteiger partial charge in [0.15, 0.2) is 16.9 Å². The highest BCUT2D eigenvalue weighted by Crippen LogP contribution is 2.34. The molecule has 0 saturated carbocycles. The fourth-order valence-corrected chi connectivity index (χ4v) is 1.84. The molecule has 0 atom stereocenters. The average Bonchev–Trinajstić information content (AvgIpc) is 2.15. The monoisotopic (exact) mass is 232 g/mol. The second-order valence-corrected chi connectivity index (χ2v) is 3.99. The van der Waals surface area contributed by atoms with Crippen LogP contribution >= 0.6 is 0 Å². The Morgan fingerprint density at radius 2 is 2.00 bits per heavy atom. The lowest BCUT2D eigenvalue weighted by Crippen LogP contribution is -2.03. The second-order valence-electron chi connectivity index (χ2n) is 2.63. The molecule has 0 aliphatic heterocycles. The van der Waals surface area contributed by atoms with Gasteiger partial charge >= 0.3 is 10.1 Å². The van der Waals surface area contributed by atoms with Crippen LogP contribution in [0.4, 0.5) is 0 Å². The van der Waals surface area contributed by atoms with E-state index < -0.39 is 20.8 Å². The predicted octanol–water partition coefficient (Wildman–Crippen LogP) is 0.460. The summed E-state index contributed by atoms with van der Waals surface area (Å²) in [5.74, 6) is -1.06. The van der Waals surface area contributed by atoms with Crippen LogP contribution in [0.1, 0.15) is 10.4 Å². The van der Waals surface area contributed by atoms with Crippen molar-refractivity contribution in [2.24, 2.45) is 0 Å². The number of aldehydes is 1. The molecule has 6 nitrogen and oxygen atoms in total. The number of carbonyl (C=O) groups is 1. The van der Waals surface area contributed by atoms with Gasteiger partial charge in [0.05, 0.1) is 12.7 Å². The molecule has 0 aliphatic rings. The molecule has 2 N–H and O–H groups in total. The van der Waals surface area contributed by atoms with Crippen molar-refractivity contribution in [2.45, 2.75) is 4.90 Å². The Bertz CT molecular complexity index is 490. The predicted molar refractivity (Wildman–Crippen MR) is 49.9 cm³/mol. The molecule has 0 heterocycles. The van der Waals surface area contributed by atoms with Crippen molar-refractivity contribution in [1.29, 1.82) is 0 Å². The van der Waals surface area contributed by atoms with Crippen LogP contribution in [-0.4, -0.2) is 31.5 Å². The van der Waals surface area contributed by atoms with Crippen LogP contribution in [0.25, 0.3) is 0 Å². The van der Waals surface area contributed by atoms with Gasteiger partial charge in [-0.05, 0) is 12.1 Å². The first-order valence-corrected chi connectivity index (χ1v) is 5.18. The van der Waals surface area contributed by atoms with Crippen LogP contribution in [0.15, 0.2) is 17.0 Å². The van der Waals surface area contributed by atoms with Gasteiger partial charge in [0.2, 0.25) is 0 Å². The molecule has 1 aromatic carbocycles. The molecule has 0 spiro atoms. The zero-order valence-corrected chi connectivity index (χ0v) is 8.48. The third-order valence-electron chi connectivity index (χ3n) is 1.73. The van der Waals surface area contributed by atoms with Gasteiger partial charge in [-0.15, -0.1) is 0 Å². The van der Waals surface area contributed by atoms with E-state index in [4.69, 9.17) is 4.55 Å². The number of carbonyl (C=O) groups excluding carboxylic acids is 1. The van der Waals surface area contributed by atoms with Gasteiger partial charge in [0.25, 0.3) is 0 Å². The Kier molecular flexibility index (Phi) is 2.96. The molecule has 0 radical (unpaired) electrons. The van der Waals surface area contributed by atoms with Gasteiger partial charge in [0.1, 0.15) is 5.75 Å². The maximum Gasteiger partial charge on any atom is 0.301 e. The van der Waals surface area contributed by atoms with Crippen molar-refractivity contribution in [3.05, 3.63) is 17.7 Å². The largest absolute Gasteiger partial charge is 0.506 e. The first-order valence-electron chi connectivity index (χ1n) is 3.74. The summed E-state index contributed by atoms with van der Waals surface area (Å²) in [4.78, 5) is 9.62. The Hall–Kier alpha value is -1.60. The molecule has 1 aromatic rings. The average molecular weight is 232 g/mol. The zero-order chi connectivity index (χ0) is 11.6. The highest BCUT2D eigenvalue weighted by Gasteiger charge is 2.23. The minimum atomic E-state index is -4.64. The number of phenolic OH excluding ortho intramolecular Hbond substituents is 1. The minimum Gasteiger partial charge on any atom is -0.506 e. The van der Waals surface area contributed by atoms with Crippen molar-refractivity contribution in [1.82, 2.24) is 0 Å². The number of benzene rings is 1. The fraction of sp³-hybridized carbons (Fsp3) is 0.125. The van der Waals surface area contributed by atoms with Crippen molar-refractivity contribution in [2.75, 3.05) is 7.11 Å². The van der Waals surface area contributed by atoms with Gasteiger partial charge in [-0.25, -0.2) is 0 Å². The van der Waals surface area contributed by atoms with Crippen LogP contribution in [0.2, 0.25) is 0 Å². The zero-order valence-electron chi connectivity index (χ0n) is 7.67. The van der Waals surface area contributed by atoms with Gasteiger partial charge in [-0.2, -0.15) is 8.42 Å². The standard InChI is InChI=1S/C8H8O6S/c1-14-6-3-2-5(4-9)7(10)8(6)15(11,12)13/h2-4,10H,1H3,(H,11,12,13). The van der Waals surface area contributed by atoms with Crippen LogP contribution in [0, 0.1) is 0 Å². The first-order chi connectivity index (χ1) is 6.91. The summed E-state index contributed by atoms with van der Waals surface area (Å²) in [6.45, 7) is 0. The summed E-state index contributed by atoms with van der Waals surface area (Å²) in [5.41, 5.74) is -0.247. The summed E-state index contributed by atoms with van der Waals surface area (Å²) in [6, 6.07) is 2.34. The Balaban J connectivity index is 3.65. The highest BCUT2D eigenvalue weighted by molar-refractivity contribution is 7.86. The van der Waals surface area contributed by atoms with Crippen LogP contribution < -0.4 is 4.74 Å². The summed E-state index contributed by atoms with van der Waals surface area (Å²) < 4.78 is 35.3. The van der Waals surface area contributed by atoms with E-state index in [0.29, 0.717) is 0 Å². The van der Waals surface area contributed by atoms with Crippen molar-refractivity contribution in [3.63, 3.8) is 0 Å². The molecule has 0 unspecified atom stereocenters. The van der Waals surface area contributed by atoms with Crippen molar-refractivity contribution >= 4 is 16.4 Å². The van der Waals surface area contributed by atoms with E-state index in [2.05, 4.69) is 4.74 Å². The molecule has 15 heavy (non-hydrogen) atoms. The molecule has 0 aliphatic carbocycles. The molecule has 0 fully saturated rings. The number of aromatic hydroxyl groups is 1. The van der Waals surface area contributed by atoms with E-state index in [1.807, 2.05) is 0 Å². The summed E-state index contributed by atoms with van der Waals surface area (Å²) >= 11 is 0. The maximum absolute atomic E-state index is 10.9. The normalized spacial score (nSPS) is 11.1. The Labute approximate surface area is 85.9 Å². The van der Waals surface area contributed by atoms with Gasteiger partial charge in [0, 0.05) is 0 Å². The first kappa shape index (κ1) is 11.5. The topological polar surface area (TPSA) is 101 Å². The molecule has 7 heteroatoms. The molecular weight excluding hydrogens is 224 g/mol. The lowest BCUT2D eigenvalue weighted by atomic mass is 10.2.